The average Bonchev–Trinajstić information content (AvgIpc) is 2.91. The molecule has 0 saturated carbocycles. The summed E-state index contributed by atoms with van der Waals surface area (Å²) < 4.78 is 12.3. The van der Waals surface area contributed by atoms with Gasteiger partial charge in [-0.1, -0.05) is 6.07 Å². The topological polar surface area (TPSA) is 73.6 Å². The number of carboxylic acids is 1. The lowest BCUT2D eigenvalue weighted by atomic mass is 10.2. The number of aromatic carboxylic acids is 1. The summed E-state index contributed by atoms with van der Waals surface area (Å²) >= 11 is 0. The SMILES string of the molecule is COc1cccc(C(=O)O)c1OCCn1cccn1. The Balaban J connectivity index is 2.11. The van der Waals surface area contributed by atoms with Crippen LogP contribution in [-0.4, -0.2) is 34.6 Å². The number of benzene rings is 1. The van der Waals surface area contributed by atoms with Crippen LogP contribution in [0, 0.1) is 0 Å². The van der Waals surface area contributed by atoms with E-state index in [0.29, 0.717) is 18.9 Å². The fourth-order valence-electron chi connectivity index (χ4n) is 1.67. The molecule has 19 heavy (non-hydrogen) atoms. The van der Waals surface area contributed by atoms with Gasteiger partial charge in [0.05, 0.1) is 13.7 Å². The smallest absolute Gasteiger partial charge is 0.339 e. The van der Waals surface area contributed by atoms with E-state index in [4.69, 9.17) is 14.6 Å². The lowest BCUT2D eigenvalue weighted by Crippen LogP contribution is -2.11. The number of ether oxygens (including phenoxy) is 2. The van der Waals surface area contributed by atoms with Gasteiger partial charge in [-0.2, -0.15) is 5.10 Å². The zero-order valence-electron chi connectivity index (χ0n) is 10.4. The Kier molecular flexibility index (Phi) is 4.02. The maximum absolute atomic E-state index is 11.1. The molecule has 6 nitrogen and oxygen atoms in total. The normalized spacial score (nSPS) is 10.2. The standard InChI is InChI=1S/C13H14N2O4/c1-18-11-5-2-4-10(13(16)17)12(11)19-9-8-15-7-3-6-14-15/h2-7H,8-9H2,1H3,(H,16,17). The summed E-state index contributed by atoms with van der Waals surface area (Å²) in [6, 6.07) is 6.57. The van der Waals surface area contributed by atoms with E-state index < -0.39 is 5.97 Å². The van der Waals surface area contributed by atoms with Gasteiger partial charge in [-0.15, -0.1) is 0 Å². The van der Waals surface area contributed by atoms with Crippen LogP contribution in [0.1, 0.15) is 10.4 Å². The first-order valence-electron chi connectivity index (χ1n) is 5.73. The molecule has 0 fully saturated rings. The Morgan fingerprint density at radius 2 is 2.26 bits per heavy atom. The number of para-hydroxylation sites is 1. The van der Waals surface area contributed by atoms with Crippen LogP contribution in [0.25, 0.3) is 0 Å². The highest BCUT2D eigenvalue weighted by Crippen LogP contribution is 2.31. The monoisotopic (exact) mass is 262 g/mol. The highest BCUT2D eigenvalue weighted by atomic mass is 16.5. The van der Waals surface area contributed by atoms with Gasteiger partial charge in [0.1, 0.15) is 12.2 Å². The summed E-state index contributed by atoms with van der Waals surface area (Å²) in [7, 11) is 1.47. The molecule has 1 aromatic heterocycles. The quantitative estimate of drug-likeness (QED) is 0.857. The van der Waals surface area contributed by atoms with Crippen molar-refractivity contribution in [2.24, 2.45) is 0 Å². The third-order valence-corrected chi connectivity index (χ3v) is 2.56. The maximum Gasteiger partial charge on any atom is 0.339 e. The van der Waals surface area contributed by atoms with E-state index in [9.17, 15) is 4.79 Å². The molecule has 1 heterocycles. The second-order valence-electron chi connectivity index (χ2n) is 3.76. The molecule has 0 atom stereocenters. The highest BCUT2D eigenvalue weighted by molar-refractivity contribution is 5.92. The van der Waals surface area contributed by atoms with Gasteiger partial charge in [0.25, 0.3) is 0 Å². The van der Waals surface area contributed by atoms with E-state index in [2.05, 4.69) is 5.10 Å². The number of hydrogen-bond donors (Lipinski definition) is 1. The summed E-state index contributed by atoms with van der Waals surface area (Å²) in [5.74, 6) is -0.405. The molecule has 0 saturated heterocycles. The molecule has 0 amide bonds. The first kappa shape index (κ1) is 12.9. The molecule has 0 aliphatic carbocycles. The highest BCUT2D eigenvalue weighted by Gasteiger charge is 2.15. The van der Waals surface area contributed by atoms with Crippen molar-refractivity contribution >= 4 is 5.97 Å². The van der Waals surface area contributed by atoms with Crippen molar-refractivity contribution in [1.29, 1.82) is 0 Å². The van der Waals surface area contributed by atoms with E-state index >= 15 is 0 Å². The van der Waals surface area contributed by atoms with Crippen molar-refractivity contribution in [3.63, 3.8) is 0 Å². The molecular weight excluding hydrogens is 248 g/mol. The maximum atomic E-state index is 11.1. The fraction of sp³-hybridized carbons (Fsp3) is 0.231. The lowest BCUT2D eigenvalue weighted by Gasteiger charge is -2.13. The predicted molar refractivity (Wildman–Crippen MR) is 67.7 cm³/mol. The Hall–Kier alpha value is -2.50. The molecule has 0 radical (unpaired) electrons. The molecule has 100 valence electrons. The lowest BCUT2D eigenvalue weighted by molar-refractivity contribution is 0.0691. The van der Waals surface area contributed by atoms with Crippen LogP contribution in [-0.2, 0) is 6.54 Å². The molecule has 6 heteroatoms. The van der Waals surface area contributed by atoms with Crippen LogP contribution in [0.4, 0.5) is 0 Å². The second-order valence-corrected chi connectivity index (χ2v) is 3.76. The van der Waals surface area contributed by atoms with Gasteiger partial charge in [0.2, 0.25) is 0 Å². The molecule has 1 aromatic carbocycles. The summed E-state index contributed by atoms with van der Waals surface area (Å²) in [6.07, 6.45) is 3.48. The summed E-state index contributed by atoms with van der Waals surface area (Å²) in [5, 5.41) is 13.2. The van der Waals surface area contributed by atoms with Gasteiger partial charge in [-0.25, -0.2) is 4.79 Å². The van der Waals surface area contributed by atoms with Gasteiger partial charge >= 0.3 is 5.97 Å². The van der Waals surface area contributed by atoms with Crippen molar-refractivity contribution in [1.82, 2.24) is 9.78 Å². The number of rotatable bonds is 6. The van der Waals surface area contributed by atoms with Crippen LogP contribution in [0.5, 0.6) is 11.5 Å². The molecule has 0 unspecified atom stereocenters. The van der Waals surface area contributed by atoms with Crippen LogP contribution in [0.3, 0.4) is 0 Å². The third kappa shape index (κ3) is 3.04. The molecule has 0 aliphatic rings. The molecule has 0 aliphatic heterocycles. The van der Waals surface area contributed by atoms with Gasteiger partial charge in [-0.05, 0) is 18.2 Å². The van der Waals surface area contributed by atoms with E-state index in [1.54, 1.807) is 23.0 Å². The minimum atomic E-state index is -1.05. The summed E-state index contributed by atoms with van der Waals surface area (Å²) in [4.78, 5) is 11.1. The molecule has 1 N–H and O–H groups in total. The van der Waals surface area contributed by atoms with Gasteiger partial charge in [-0.3, -0.25) is 4.68 Å². The molecule has 2 rings (SSSR count). The second kappa shape index (κ2) is 5.90. The van der Waals surface area contributed by atoms with Crippen molar-refractivity contribution < 1.29 is 19.4 Å². The Morgan fingerprint density at radius 3 is 2.89 bits per heavy atom. The zero-order chi connectivity index (χ0) is 13.7. The molecule has 0 bridgehead atoms. The minimum Gasteiger partial charge on any atom is -0.493 e. The first-order chi connectivity index (χ1) is 9.22. The summed E-state index contributed by atoms with van der Waals surface area (Å²) in [6.45, 7) is 0.840. The Bertz CT molecular complexity index is 552. The van der Waals surface area contributed by atoms with Crippen molar-refractivity contribution in [3.8, 4) is 11.5 Å². The molecule has 2 aromatic rings. The number of hydrogen-bond acceptors (Lipinski definition) is 4. The van der Waals surface area contributed by atoms with Crippen molar-refractivity contribution in [2.45, 2.75) is 6.54 Å². The largest absolute Gasteiger partial charge is 0.493 e. The number of carboxylic acid groups (broad SMARTS) is 1. The van der Waals surface area contributed by atoms with Gasteiger partial charge < -0.3 is 14.6 Å². The van der Waals surface area contributed by atoms with E-state index in [-0.39, 0.29) is 11.3 Å². The zero-order valence-corrected chi connectivity index (χ0v) is 10.4. The van der Waals surface area contributed by atoms with E-state index in [1.807, 2.05) is 12.3 Å². The summed E-state index contributed by atoms with van der Waals surface area (Å²) in [5.41, 5.74) is 0.0832. The Morgan fingerprint density at radius 1 is 1.42 bits per heavy atom. The third-order valence-electron chi connectivity index (χ3n) is 2.56. The van der Waals surface area contributed by atoms with Crippen LogP contribution >= 0.6 is 0 Å². The van der Waals surface area contributed by atoms with Crippen LogP contribution in [0.15, 0.2) is 36.7 Å². The molecule has 0 spiro atoms. The van der Waals surface area contributed by atoms with E-state index in [0.717, 1.165) is 0 Å². The predicted octanol–water partition coefficient (Wildman–Crippen LogP) is 1.67. The number of nitrogens with zero attached hydrogens (tertiary/aromatic N) is 2. The fourth-order valence-corrected chi connectivity index (χ4v) is 1.67. The van der Waals surface area contributed by atoms with Crippen molar-refractivity contribution in [2.75, 3.05) is 13.7 Å². The number of methoxy groups -OCH3 is 1. The van der Waals surface area contributed by atoms with Crippen LogP contribution < -0.4 is 9.47 Å². The van der Waals surface area contributed by atoms with Gasteiger partial charge in [0.15, 0.2) is 11.5 Å². The molecular formula is C13H14N2O4. The van der Waals surface area contributed by atoms with E-state index in [1.165, 1.54) is 13.2 Å². The minimum absolute atomic E-state index is 0.0832. The average molecular weight is 262 g/mol. The number of carbonyl (C=O) groups is 1. The Labute approximate surface area is 110 Å². The van der Waals surface area contributed by atoms with Crippen molar-refractivity contribution in [3.05, 3.63) is 42.2 Å². The van der Waals surface area contributed by atoms with Crippen LogP contribution in [0.2, 0.25) is 0 Å². The first-order valence-corrected chi connectivity index (χ1v) is 5.73. The van der Waals surface area contributed by atoms with Gasteiger partial charge in [0, 0.05) is 12.4 Å². The number of aromatic nitrogens is 2.